The van der Waals surface area contributed by atoms with Crippen molar-refractivity contribution >= 4 is 11.7 Å². The molecule has 148 valence electrons. The van der Waals surface area contributed by atoms with E-state index in [1.807, 2.05) is 120 Å². The van der Waals surface area contributed by atoms with Crippen LogP contribution in [0.1, 0.15) is 18.3 Å². The second-order valence-corrected chi connectivity index (χ2v) is 7.37. The van der Waals surface area contributed by atoms with E-state index >= 15 is 0 Å². The molecule has 29 heavy (non-hydrogen) atoms. The first-order chi connectivity index (χ1) is 13.9. The largest absolute Gasteiger partial charge is 0.479 e. The average Bonchev–Trinajstić information content (AvgIpc) is 3.17. The Kier molecular flexibility index (Phi) is 4.42. The molecule has 0 aliphatic carbocycles. The van der Waals surface area contributed by atoms with Gasteiger partial charge in [0.1, 0.15) is 0 Å². The number of carboxylic acids is 1. The minimum absolute atomic E-state index is 0.670. The number of hydrogen-bond acceptors (Lipinski definition) is 3. The Morgan fingerprint density at radius 3 is 2.14 bits per heavy atom. The Hall–Kier alpha value is -3.54. The molecule has 1 aliphatic rings. The number of hydrogen-bond donors (Lipinski definition) is 1. The van der Waals surface area contributed by atoms with Crippen LogP contribution in [0, 0.1) is 6.92 Å². The van der Waals surface area contributed by atoms with Gasteiger partial charge in [0.25, 0.3) is 11.2 Å². The van der Waals surface area contributed by atoms with Crippen molar-refractivity contribution < 1.29 is 14.6 Å². The first kappa shape index (κ1) is 18.8. The molecule has 0 saturated carbocycles. The van der Waals surface area contributed by atoms with Gasteiger partial charge in [0.05, 0.1) is 18.4 Å². The monoisotopic (exact) mass is 389 g/mol. The number of anilines is 1. The molecule has 1 unspecified atom stereocenters. The molecule has 0 amide bonds. The molecule has 1 N–H and O–H groups in total. The number of aryl methyl sites for hydroxylation is 1. The summed E-state index contributed by atoms with van der Waals surface area (Å²) in [5, 5.41) is 14.4. The van der Waals surface area contributed by atoms with E-state index in [1.165, 1.54) is 0 Å². The number of para-hydroxylation sites is 2. The highest BCUT2D eigenvalue weighted by Crippen LogP contribution is 2.42. The summed E-state index contributed by atoms with van der Waals surface area (Å²) in [5.74, 6) is -0.930. The molecule has 2 aromatic carbocycles. The number of benzene rings is 2. The van der Waals surface area contributed by atoms with Crippen LogP contribution in [0.3, 0.4) is 0 Å². The molecule has 1 atom stereocenters. The lowest BCUT2D eigenvalue weighted by Gasteiger charge is -2.38. The smallest absolute Gasteiger partial charge is 0.347 e. The minimum Gasteiger partial charge on any atom is -0.479 e. The van der Waals surface area contributed by atoms with Crippen molar-refractivity contribution in [3.8, 4) is 5.69 Å². The van der Waals surface area contributed by atoms with Crippen LogP contribution in [0.25, 0.3) is 5.69 Å². The van der Waals surface area contributed by atoms with Crippen LogP contribution >= 0.6 is 0 Å². The maximum Gasteiger partial charge on any atom is 0.347 e. The summed E-state index contributed by atoms with van der Waals surface area (Å²) in [4.78, 5) is 13.0. The van der Waals surface area contributed by atoms with E-state index in [0.717, 1.165) is 22.8 Å². The molecule has 1 aliphatic heterocycles. The summed E-state index contributed by atoms with van der Waals surface area (Å²) < 4.78 is 3.96. The van der Waals surface area contributed by atoms with Gasteiger partial charge in [-0.25, -0.2) is 4.79 Å². The van der Waals surface area contributed by atoms with Gasteiger partial charge in [0.15, 0.2) is 0 Å². The van der Waals surface area contributed by atoms with Gasteiger partial charge in [0, 0.05) is 30.9 Å². The fraction of sp³-hybridized carbons (Fsp3) is 0.217. The highest BCUT2D eigenvalue weighted by Gasteiger charge is 2.58. The van der Waals surface area contributed by atoms with Crippen molar-refractivity contribution in [1.82, 2.24) is 9.69 Å². The molecule has 3 aromatic rings. The number of carbonyl (C=O) groups is 1. The summed E-state index contributed by atoms with van der Waals surface area (Å²) in [7, 11) is 3.84. The predicted octanol–water partition coefficient (Wildman–Crippen LogP) is 3.16. The van der Waals surface area contributed by atoms with Crippen molar-refractivity contribution in [3.63, 3.8) is 0 Å². The standard InChI is InChI=1S/C23H24N4O2/c1-17-15-21(26(24(17)3)19-11-7-5-8-12-19)23(22(28)29)16-18(2)25(4)27(23)20-13-9-6-10-14-20/h5-16H,1-4H3/p+1. The van der Waals surface area contributed by atoms with E-state index in [4.69, 9.17) is 0 Å². The van der Waals surface area contributed by atoms with Gasteiger partial charge in [-0.2, -0.15) is 4.68 Å². The van der Waals surface area contributed by atoms with Gasteiger partial charge < -0.3 is 5.11 Å². The number of nitrogens with zero attached hydrogens (tertiary/aromatic N) is 4. The molecule has 4 rings (SSSR count). The fourth-order valence-corrected chi connectivity index (χ4v) is 4.07. The number of aliphatic carboxylic acids is 1. The Morgan fingerprint density at radius 2 is 1.55 bits per heavy atom. The average molecular weight is 389 g/mol. The second kappa shape index (κ2) is 6.81. The van der Waals surface area contributed by atoms with E-state index in [-0.39, 0.29) is 0 Å². The topological polar surface area (TPSA) is 52.6 Å². The molecule has 0 fully saturated rings. The van der Waals surface area contributed by atoms with Crippen molar-refractivity contribution in [3.05, 3.63) is 89.9 Å². The van der Waals surface area contributed by atoms with E-state index in [9.17, 15) is 9.90 Å². The number of hydrazine groups is 1. The molecule has 6 nitrogen and oxygen atoms in total. The van der Waals surface area contributed by atoms with E-state index in [1.54, 1.807) is 0 Å². The maximum atomic E-state index is 13.0. The van der Waals surface area contributed by atoms with Crippen LogP contribution < -0.4 is 9.69 Å². The Balaban J connectivity index is 2.05. The Bertz CT molecular complexity index is 1090. The highest BCUT2D eigenvalue weighted by molar-refractivity contribution is 5.88. The number of aromatic nitrogens is 2. The molecule has 0 bridgehead atoms. The lowest BCUT2D eigenvalue weighted by atomic mass is 9.93. The van der Waals surface area contributed by atoms with E-state index < -0.39 is 11.5 Å². The van der Waals surface area contributed by atoms with Crippen molar-refractivity contribution in [2.45, 2.75) is 19.4 Å². The number of carboxylic acid groups (broad SMARTS) is 1. The SMILES string of the molecule is CC1=CC(C(=O)O)(c2cc(C)n(C)[n+]2-c2ccccc2)N(c2ccccc2)N1C. The van der Waals surface area contributed by atoms with Gasteiger partial charge in [-0.3, -0.25) is 10.0 Å². The second-order valence-electron chi connectivity index (χ2n) is 7.37. The van der Waals surface area contributed by atoms with E-state index in [2.05, 4.69) is 0 Å². The van der Waals surface area contributed by atoms with Crippen LogP contribution in [0.2, 0.25) is 0 Å². The molecule has 2 heterocycles. The molecule has 6 heteroatoms. The third kappa shape index (κ3) is 2.71. The summed E-state index contributed by atoms with van der Waals surface area (Å²) in [5.41, 5.74) is 2.85. The summed E-state index contributed by atoms with van der Waals surface area (Å²) in [6, 6.07) is 21.4. The van der Waals surface area contributed by atoms with Crippen molar-refractivity contribution in [2.75, 3.05) is 12.1 Å². The Morgan fingerprint density at radius 1 is 0.966 bits per heavy atom. The molecular formula is C23H25N4O2+. The quantitative estimate of drug-likeness (QED) is 0.697. The van der Waals surface area contributed by atoms with Crippen LogP contribution in [0.15, 0.2) is 78.5 Å². The highest BCUT2D eigenvalue weighted by atomic mass is 16.4. The lowest BCUT2D eigenvalue weighted by molar-refractivity contribution is -0.692. The summed E-state index contributed by atoms with van der Waals surface area (Å²) in [6.45, 7) is 3.92. The van der Waals surface area contributed by atoms with Gasteiger partial charge in [0.2, 0.25) is 5.69 Å². The fourth-order valence-electron chi connectivity index (χ4n) is 4.07. The third-order valence-corrected chi connectivity index (χ3v) is 5.66. The van der Waals surface area contributed by atoms with E-state index in [0.29, 0.717) is 5.69 Å². The lowest BCUT2D eigenvalue weighted by Crippen LogP contribution is -2.59. The molecule has 0 spiro atoms. The van der Waals surface area contributed by atoms with Gasteiger partial charge in [-0.15, -0.1) is 0 Å². The van der Waals surface area contributed by atoms with Crippen LogP contribution in [0.5, 0.6) is 0 Å². The van der Waals surface area contributed by atoms with Crippen LogP contribution in [-0.4, -0.2) is 27.8 Å². The van der Waals surface area contributed by atoms with Gasteiger partial charge in [-0.05, 0) is 32.1 Å². The molecule has 0 radical (unpaired) electrons. The molecule has 0 saturated heterocycles. The van der Waals surface area contributed by atoms with Crippen molar-refractivity contribution in [2.24, 2.45) is 7.05 Å². The summed E-state index contributed by atoms with van der Waals surface area (Å²) >= 11 is 0. The molecule has 1 aromatic heterocycles. The maximum absolute atomic E-state index is 13.0. The first-order valence-electron chi connectivity index (χ1n) is 9.54. The first-order valence-corrected chi connectivity index (χ1v) is 9.54. The predicted molar refractivity (Wildman–Crippen MR) is 111 cm³/mol. The zero-order chi connectivity index (χ0) is 20.8. The normalized spacial score (nSPS) is 18.8. The third-order valence-electron chi connectivity index (χ3n) is 5.66. The number of rotatable bonds is 4. The summed E-state index contributed by atoms with van der Waals surface area (Å²) in [6.07, 6.45) is 1.83. The van der Waals surface area contributed by atoms with Crippen LogP contribution in [-0.2, 0) is 17.4 Å². The van der Waals surface area contributed by atoms with Crippen molar-refractivity contribution in [1.29, 1.82) is 0 Å². The van der Waals surface area contributed by atoms with Crippen LogP contribution in [0.4, 0.5) is 5.69 Å². The minimum atomic E-state index is -1.39. The van der Waals surface area contributed by atoms with Gasteiger partial charge >= 0.3 is 5.97 Å². The zero-order valence-electron chi connectivity index (χ0n) is 17.1. The number of allylic oxidation sites excluding steroid dienone is 1. The molecular weight excluding hydrogens is 364 g/mol. The van der Waals surface area contributed by atoms with Gasteiger partial charge in [-0.1, -0.05) is 41.1 Å². The Labute approximate surface area is 170 Å². The zero-order valence-corrected chi connectivity index (χ0v) is 17.1.